The number of piperidine rings is 1. The topological polar surface area (TPSA) is 33.6 Å². The summed E-state index contributed by atoms with van der Waals surface area (Å²) in [7, 11) is 0. The molecule has 0 bridgehead atoms. The van der Waals surface area contributed by atoms with E-state index >= 15 is 0 Å². The van der Waals surface area contributed by atoms with E-state index in [0.717, 1.165) is 24.2 Å². The van der Waals surface area contributed by atoms with Gasteiger partial charge in [-0.15, -0.1) is 0 Å². The second-order valence-electron chi connectivity index (χ2n) is 5.40. The molecule has 14 heavy (non-hydrogen) atoms. The normalized spacial score (nSPS) is 46.9. The summed E-state index contributed by atoms with van der Waals surface area (Å²) in [6.07, 6.45) is 4.95. The maximum atomic E-state index is 5.62. The number of oxime groups is 1. The third-order valence-electron chi connectivity index (χ3n) is 4.60. The summed E-state index contributed by atoms with van der Waals surface area (Å²) in [5.41, 5.74) is 1.57. The Balaban J connectivity index is 1.48. The van der Waals surface area contributed by atoms with Gasteiger partial charge in [0.1, 0.15) is 5.60 Å². The highest BCUT2D eigenvalue weighted by Crippen LogP contribution is 2.54. The number of nitrogens with zero attached hydrogens (tertiary/aromatic N) is 1. The molecule has 4 rings (SSSR count). The van der Waals surface area contributed by atoms with E-state index in [1.54, 1.807) is 0 Å². The average Bonchev–Trinajstić information content (AvgIpc) is 2.59. The quantitative estimate of drug-likeness (QED) is 0.676. The number of nitrogens with one attached hydrogen (secondary N) is 1. The van der Waals surface area contributed by atoms with E-state index in [4.69, 9.17) is 4.84 Å². The van der Waals surface area contributed by atoms with Crippen molar-refractivity contribution in [2.75, 3.05) is 13.1 Å². The lowest BCUT2D eigenvalue weighted by molar-refractivity contribution is -0.0755. The second-order valence-corrected chi connectivity index (χ2v) is 5.40. The molecule has 0 aromatic heterocycles. The summed E-state index contributed by atoms with van der Waals surface area (Å²) >= 11 is 0. The molecule has 2 aliphatic heterocycles. The smallest absolute Gasteiger partial charge is 0.143 e. The van der Waals surface area contributed by atoms with Crippen LogP contribution in [0.25, 0.3) is 0 Å². The summed E-state index contributed by atoms with van der Waals surface area (Å²) in [5.74, 6) is 2.58. The molecule has 1 spiro atoms. The van der Waals surface area contributed by atoms with E-state index in [1.807, 2.05) is 0 Å². The van der Waals surface area contributed by atoms with Crippen LogP contribution in [0.15, 0.2) is 5.16 Å². The van der Waals surface area contributed by atoms with Gasteiger partial charge in [0.25, 0.3) is 0 Å². The first-order chi connectivity index (χ1) is 6.88. The monoisotopic (exact) mass is 192 g/mol. The van der Waals surface area contributed by atoms with Gasteiger partial charge in [-0.1, -0.05) is 5.16 Å². The van der Waals surface area contributed by atoms with Crippen LogP contribution in [0.3, 0.4) is 0 Å². The van der Waals surface area contributed by atoms with Crippen LogP contribution in [0.2, 0.25) is 0 Å². The highest BCUT2D eigenvalue weighted by molar-refractivity contribution is 5.91. The average molecular weight is 192 g/mol. The van der Waals surface area contributed by atoms with Crippen molar-refractivity contribution in [3.63, 3.8) is 0 Å². The third kappa shape index (κ3) is 0.842. The molecule has 3 nitrogen and oxygen atoms in total. The SMILES string of the molecule is C1CC2(C1)CC(C1[C@H]3CNC[C@@H]13)=NO2. The van der Waals surface area contributed by atoms with Gasteiger partial charge in [-0.25, -0.2) is 0 Å². The van der Waals surface area contributed by atoms with Crippen LogP contribution in [0.1, 0.15) is 25.7 Å². The van der Waals surface area contributed by atoms with Crippen molar-refractivity contribution in [2.45, 2.75) is 31.3 Å². The molecule has 3 atom stereocenters. The predicted octanol–water partition coefficient (Wildman–Crippen LogP) is 1.15. The van der Waals surface area contributed by atoms with Crippen LogP contribution in [0, 0.1) is 17.8 Å². The molecule has 1 saturated heterocycles. The van der Waals surface area contributed by atoms with E-state index in [9.17, 15) is 0 Å². The molecule has 0 aromatic rings. The molecule has 0 aromatic carbocycles. The van der Waals surface area contributed by atoms with Crippen molar-refractivity contribution in [1.82, 2.24) is 5.32 Å². The maximum absolute atomic E-state index is 5.62. The zero-order chi connectivity index (χ0) is 9.17. The molecule has 3 fully saturated rings. The first-order valence-electron chi connectivity index (χ1n) is 5.84. The summed E-state index contributed by atoms with van der Waals surface area (Å²) in [6, 6.07) is 0. The van der Waals surface area contributed by atoms with Crippen LogP contribution in [-0.4, -0.2) is 24.4 Å². The van der Waals surface area contributed by atoms with Gasteiger partial charge in [0.2, 0.25) is 0 Å². The maximum Gasteiger partial charge on any atom is 0.143 e. The zero-order valence-corrected chi connectivity index (χ0v) is 8.33. The molecule has 2 aliphatic carbocycles. The molecule has 76 valence electrons. The number of fused-ring (bicyclic) bond motifs is 1. The molecule has 4 aliphatic rings. The van der Waals surface area contributed by atoms with E-state index in [0.29, 0.717) is 0 Å². The second kappa shape index (κ2) is 2.32. The van der Waals surface area contributed by atoms with Gasteiger partial charge < -0.3 is 10.2 Å². The zero-order valence-electron chi connectivity index (χ0n) is 8.33. The fraction of sp³-hybridized carbons (Fsp3) is 0.909. The summed E-state index contributed by atoms with van der Waals surface area (Å²) in [6.45, 7) is 2.42. The van der Waals surface area contributed by atoms with Gasteiger partial charge in [0.05, 0.1) is 5.71 Å². The van der Waals surface area contributed by atoms with Crippen LogP contribution < -0.4 is 5.32 Å². The lowest BCUT2D eigenvalue weighted by Gasteiger charge is -2.34. The molecule has 2 heterocycles. The largest absolute Gasteiger partial charge is 0.389 e. The Morgan fingerprint density at radius 1 is 1.29 bits per heavy atom. The minimum atomic E-state index is 0.180. The lowest BCUT2D eigenvalue weighted by atomic mass is 9.76. The van der Waals surface area contributed by atoms with Gasteiger partial charge >= 0.3 is 0 Å². The standard InChI is InChI=1S/C11H16N2O/c1-2-11(3-1)4-9(13-14-11)10-7-5-12-6-8(7)10/h7-8,10,12H,1-6H2/t7-,8+,10?. The number of hydrogen-bond acceptors (Lipinski definition) is 3. The van der Waals surface area contributed by atoms with Gasteiger partial charge in [-0.3, -0.25) is 0 Å². The van der Waals surface area contributed by atoms with Crippen molar-refractivity contribution >= 4 is 5.71 Å². The summed E-state index contributed by atoms with van der Waals surface area (Å²) in [4.78, 5) is 5.62. The van der Waals surface area contributed by atoms with Crippen molar-refractivity contribution in [3.8, 4) is 0 Å². The molecule has 2 saturated carbocycles. The Kier molecular flexibility index (Phi) is 1.28. The Morgan fingerprint density at radius 2 is 2.07 bits per heavy atom. The van der Waals surface area contributed by atoms with E-state index in [-0.39, 0.29) is 5.60 Å². The molecule has 0 radical (unpaired) electrons. The van der Waals surface area contributed by atoms with Crippen molar-refractivity contribution < 1.29 is 4.84 Å². The fourth-order valence-electron chi connectivity index (χ4n) is 3.48. The molecular weight excluding hydrogens is 176 g/mol. The molecule has 3 heteroatoms. The third-order valence-corrected chi connectivity index (χ3v) is 4.60. The van der Waals surface area contributed by atoms with Crippen LogP contribution in [-0.2, 0) is 4.84 Å². The van der Waals surface area contributed by atoms with Crippen molar-refractivity contribution in [2.24, 2.45) is 22.9 Å². The molecule has 1 N–H and O–H groups in total. The number of hydrogen-bond donors (Lipinski definition) is 1. The fourth-order valence-corrected chi connectivity index (χ4v) is 3.48. The lowest BCUT2D eigenvalue weighted by Crippen LogP contribution is -2.37. The van der Waals surface area contributed by atoms with E-state index in [2.05, 4.69) is 10.5 Å². The van der Waals surface area contributed by atoms with Crippen LogP contribution in [0.5, 0.6) is 0 Å². The predicted molar refractivity (Wildman–Crippen MR) is 53.1 cm³/mol. The van der Waals surface area contributed by atoms with Crippen LogP contribution in [0.4, 0.5) is 0 Å². The highest BCUT2D eigenvalue weighted by atomic mass is 16.7. The van der Waals surface area contributed by atoms with Crippen molar-refractivity contribution in [1.29, 1.82) is 0 Å². The Labute approximate surface area is 83.9 Å². The van der Waals surface area contributed by atoms with Crippen molar-refractivity contribution in [3.05, 3.63) is 0 Å². The van der Waals surface area contributed by atoms with Gasteiger partial charge in [-0.05, 0) is 44.2 Å². The molecule has 0 amide bonds. The van der Waals surface area contributed by atoms with Gasteiger partial charge in [0, 0.05) is 12.3 Å². The molecular formula is C11H16N2O. The van der Waals surface area contributed by atoms with Gasteiger partial charge in [0.15, 0.2) is 0 Å². The Hall–Kier alpha value is -0.570. The Bertz CT molecular complexity index is 298. The van der Waals surface area contributed by atoms with E-state index in [1.165, 1.54) is 38.1 Å². The minimum absolute atomic E-state index is 0.180. The van der Waals surface area contributed by atoms with Crippen LogP contribution >= 0.6 is 0 Å². The first-order valence-corrected chi connectivity index (χ1v) is 5.84. The van der Waals surface area contributed by atoms with Gasteiger partial charge in [-0.2, -0.15) is 0 Å². The summed E-state index contributed by atoms with van der Waals surface area (Å²) < 4.78 is 0. The highest BCUT2D eigenvalue weighted by Gasteiger charge is 2.58. The summed E-state index contributed by atoms with van der Waals surface area (Å²) in [5, 5.41) is 7.77. The minimum Gasteiger partial charge on any atom is -0.389 e. The van der Waals surface area contributed by atoms with E-state index < -0.39 is 0 Å². The molecule has 1 unspecified atom stereocenters. The first kappa shape index (κ1) is 7.69. The number of rotatable bonds is 1. The Morgan fingerprint density at radius 3 is 2.64 bits per heavy atom.